The van der Waals surface area contributed by atoms with Crippen molar-refractivity contribution in [3.63, 3.8) is 0 Å². The van der Waals surface area contributed by atoms with Crippen LogP contribution in [0.5, 0.6) is 0 Å². The van der Waals surface area contributed by atoms with Gasteiger partial charge in [0.1, 0.15) is 24.0 Å². The summed E-state index contributed by atoms with van der Waals surface area (Å²) in [4.78, 5) is 29.0. The molecule has 0 aliphatic carbocycles. The van der Waals surface area contributed by atoms with Gasteiger partial charge >= 0.3 is 0 Å². The van der Waals surface area contributed by atoms with Crippen molar-refractivity contribution in [2.75, 3.05) is 0 Å². The van der Waals surface area contributed by atoms with E-state index < -0.39 is 0 Å². The zero-order valence-corrected chi connectivity index (χ0v) is 13.4. The molecule has 1 N–H and O–H groups in total. The number of imidazole rings is 2. The molecule has 4 aromatic heterocycles. The van der Waals surface area contributed by atoms with E-state index in [-0.39, 0.29) is 0 Å². The molecule has 0 saturated carbocycles. The molecule has 4 heterocycles. The number of fused-ring (bicyclic) bond motifs is 2. The van der Waals surface area contributed by atoms with Gasteiger partial charge in [-0.25, -0.2) is 24.9 Å². The second-order valence-corrected chi connectivity index (χ2v) is 5.80. The summed E-state index contributed by atoms with van der Waals surface area (Å²) >= 11 is 6.09. The number of nitrogens with one attached hydrogen (secondary N) is 1. The minimum absolute atomic E-state index is 0.472. The zero-order valence-electron chi connectivity index (χ0n) is 12.6. The average molecular weight is 349 g/mol. The Morgan fingerprint density at radius 1 is 1.00 bits per heavy atom. The predicted molar refractivity (Wildman–Crippen MR) is 92.3 cm³/mol. The van der Waals surface area contributed by atoms with Crippen molar-refractivity contribution in [3.05, 3.63) is 54.5 Å². The highest BCUT2D eigenvalue weighted by molar-refractivity contribution is 6.31. The van der Waals surface area contributed by atoms with Gasteiger partial charge in [-0.2, -0.15) is 4.98 Å². The van der Waals surface area contributed by atoms with Gasteiger partial charge < -0.3 is 4.98 Å². The summed E-state index contributed by atoms with van der Waals surface area (Å²) in [5, 5.41) is 0.626. The van der Waals surface area contributed by atoms with Gasteiger partial charge in [-0.3, -0.25) is 4.57 Å². The smallest absolute Gasteiger partial charge is 0.237 e. The Morgan fingerprint density at radius 2 is 1.88 bits per heavy atom. The Labute approximate surface area is 145 Å². The molecule has 0 bridgehead atoms. The first kappa shape index (κ1) is 14.0. The number of H-pyrrole nitrogens is 1. The highest BCUT2D eigenvalue weighted by Crippen LogP contribution is 2.22. The molecule has 9 heteroatoms. The summed E-state index contributed by atoms with van der Waals surface area (Å²) < 4.78 is 1.78. The lowest BCUT2D eigenvalue weighted by atomic mass is 10.3. The fourth-order valence-corrected chi connectivity index (χ4v) is 2.78. The summed E-state index contributed by atoms with van der Waals surface area (Å²) in [6, 6.07) is 5.48. The lowest BCUT2D eigenvalue weighted by molar-refractivity contribution is 0.961. The molecule has 8 nitrogen and oxygen atoms in total. The van der Waals surface area contributed by atoms with Crippen LogP contribution in [-0.2, 0) is 0 Å². The van der Waals surface area contributed by atoms with E-state index in [0.717, 1.165) is 22.1 Å². The Kier molecular flexibility index (Phi) is 2.98. The number of halogens is 1. The number of hydrogen-bond acceptors (Lipinski definition) is 6. The van der Waals surface area contributed by atoms with Crippen molar-refractivity contribution in [1.82, 2.24) is 39.5 Å². The van der Waals surface area contributed by atoms with E-state index in [0.29, 0.717) is 22.4 Å². The molecule has 0 saturated heterocycles. The third kappa shape index (κ3) is 2.31. The van der Waals surface area contributed by atoms with Crippen molar-refractivity contribution in [2.45, 2.75) is 0 Å². The second-order valence-electron chi connectivity index (χ2n) is 5.37. The van der Waals surface area contributed by atoms with E-state index in [1.807, 2.05) is 12.1 Å². The maximum atomic E-state index is 6.09. The third-order valence-electron chi connectivity index (χ3n) is 3.79. The van der Waals surface area contributed by atoms with Gasteiger partial charge in [0.15, 0.2) is 5.65 Å². The van der Waals surface area contributed by atoms with E-state index in [9.17, 15) is 0 Å². The monoisotopic (exact) mass is 348 g/mol. The molecule has 0 unspecified atom stereocenters. The topological polar surface area (TPSA) is 98.1 Å². The zero-order chi connectivity index (χ0) is 16.8. The van der Waals surface area contributed by atoms with Crippen LogP contribution in [0.2, 0.25) is 5.02 Å². The fourth-order valence-electron chi connectivity index (χ4n) is 2.61. The first-order valence-corrected chi connectivity index (χ1v) is 7.77. The van der Waals surface area contributed by atoms with Gasteiger partial charge in [0.2, 0.25) is 5.95 Å². The predicted octanol–water partition coefficient (Wildman–Crippen LogP) is 2.80. The third-order valence-corrected chi connectivity index (χ3v) is 4.02. The van der Waals surface area contributed by atoms with Crippen LogP contribution in [0.3, 0.4) is 0 Å². The Hall–Kier alpha value is -3.39. The van der Waals surface area contributed by atoms with Crippen LogP contribution in [0.4, 0.5) is 0 Å². The largest absolute Gasteiger partial charge is 0.335 e. The molecule has 25 heavy (non-hydrogen) atoms. The molecule has 0 aliphatic heterocycles. The van der Waals surface area contributed by atoms with Gasteiger partial charge in [0, 0.05) is 17.4 Å². The summed E-state index contributed by atoms with van der Waals surface area (Å²) in [7, 11) is 0. The van der Waals surface area contributed by atoms with Crippen molar-refractivity contribution in [3.8, 4) is 17.3 Å². The molecule has 0 atom stereocenters. The van der Waals surface area contributed by atoms with Crippen LogP contribution >= 0.6 is 11.6 Å². The van der Waals surface area contributed by atoms with E-state index in [1.165, 1.54) is 6.33 Å². The normalized spacial score (nSPS) is 11.4. The van der Waals surface area contributed by atoms with Crippen molar-refractivity contribution in [2.24, 2.45) is 0 Å². The molecule has 0 fully saturated rings. The number of aromatic amines is 1. The molecule has 120 valence electrons. The molecule has 5 rings (SSSR count). The van der Waals surface area contributed by atoms with Gasteiger partial charge in [-0.15, -0.1) is 0 Å². The molecule has 0 radical (unpaired) electrons. The minimum Gasteiger partial charge on any atom is -0.335 e. The maximum absolute atomic E-state index is 6.09. The second kappa shape index (κ2) is 5.32. The van der Waals surface area contributed by atoms with Crippen LogP contribution < -0.4 is 0 Å². The molecular formula is C16H9ClN8. The summed E-state index contributed by atoms with van der Waals surface area (Å²) in [6.07, 6.45) is 8.20. The Morgan fingerprint density at radius 3 is 2.76 bits per heavy atom. The van der Waals surface area contributed by atoms with E-state index in [4.69, 9.17) is 11.6 Å². The van der Waals surface area contributed by atoms with Crippen molar-refractivity contribution in [1.29, 1.82) is 0 Å². The molecule has 0 amide bonds. The number of hydrogen-bond donors (Lipinski definition) is 1. The lowest BCUT2D eigenvalue weighted by Crippen LogP contribution is -1.99. The Bertz CT molecular complexity index is 1210. The maximum Gasteiger partial charge on any atom is 0.237 e. The van der Waals surface area contributed by atoms with Gasteiger partial charge in [-0.05, 0) is 18.2 Å². The SMILES string of the molecule is Clc1ccc2ncn(-c3ncc4[nH]c(-c5cncnc5)nc4n3)c2c1. The van der Waals surface area contributed by atoms with E-state index >= 15 is 0 Å². The van der Waals surface area contributed by atoms with Crippen molar-refractivity contribution < 1.29 is 0 Å². The first-order chi connectivity index (χ1) is 12.3. The first-order valence-electron chi connectivity index (χ1n) is 7.39. The molecule has 0 aliphatic rings. The number of rotatable bonds is 2. The number of nitrogens with zero attached hydrogens (tertiary/aromatic N) is 7. The highest BCUT2D eigenvalue weighted by Gasteiger charge is 2.12. The van der Waals surface area contributed by atoms with Crippen LogP contribution in [0.25, 0.3) is 39.5 Å². The highest BCUT2D eigenvalue weighted by atomic mass is 35.5. The lowest BCUT2D eigenvalue weighted by Gasteiger charge is -2.01. The average Bonchev–Trinajstić information content (AvgIpc) is 3.25. The van der Waals surface area contributed by atoms with E-state index in [1.54, 1.807) is 35.6 Å². The van der Waals surface area contributed by atoms with Gasteiger partial charge in [0.25, 0.3) is 0 Å². The van der Waals surface area contributed by atoms with Crippen LogP contribution in [0.1, 0.15) is 0 Å². The number of benzene rings is 1. The molecule has 1 aromatic carbocycles. The summed E-state index contributed by atoms with van der Waals surface area (Å²) in [6.45, 7) is 0. The summed E-state index contributed by atoms with van der Waals surface area (Å²) in [5.74, 6) is 1.11. The quantitative estimate of drug-likeness (QED) is 0.526. The van der Waals surface area contributed by atoms with E-state index in [2.05, 4.69) is 34.9 Å². The van der Waals surface area contributed by atoms with Crippen LogP contribution in [0.15, 0.2) is 49.4 Å². The minimum atomic E-state index is 0.472. The van der Waals surface area contributed by atoms with Crippen LogP contribution in [0, 0.1) is 0 Å². The Balaban J connectivity index is 1.66. The molecule has 0 spiro atoms. The molecular weight excluding hydrogens is 340 g/mol. The summed E-state index contributed by atoms with van der Waals surface area (Å²) in [5.41, 5.74) is 3.70. The standard InChI is InChI=1S/C16H9ClN8/c17-10-1-2-11-13(3-10)25(8-21-11)16-20-6-12-15(24-16)23-14(22-12)9-4-18-7-19-5-9/h1-8H,(H,20,22,23,24). The molecule has 5 aromatic rings. The van der Waals surface area contributed by atoms with Gasteiger partial charge in [-0.1, -0.05) is 11.6 Å². The fraction of sp³-hybridized carbons (Fsp3) is 0. The number of aromatic nitrogens is 8. The van der Waals surface area contributed by atoms with Gasteiger partial charge in [0.05, 0.1) is 22.8 Å². The van der Waals surface area contributed by atoms with Crippen LogP contribution in [-0.4, -0.2) is 39.5 Å². The van der Waals surface area contributed by atoms with Crippen molar-refractivity contribution >= 4 is 33.8 Å².